The standard InChI is InChI=1S/C17H19ClN2O2/c1-12-4-5-13(2)15(10-12)22-9-8-20(3)17(21)14-6-7-19-16(18)11-14/h4-7,10-11H,8-9H2,1-3H3. The van der Waals surface area contributed by atoms with Crippen LogP contribution in [0.3, 0.4) is 0 Å². The number of aromatic nitrogens is 1. The lowest BCUT2D eigenvalue weighted by Crippen LogP contribution is -2.31. The lowest BCUT2D eigenvalue weighted by Gasteiger charge is -2.18. The number of aryl methyl sites for hydroxylation is 2. The second-order valence-electron chi connectivity index (χ2n) is 5.21. The zero-order valence-corrected chi connectivity index (χ0v) is 13.7. The van der Waals surface area contributed by atoms with Gasteiger partial charge in [-0.3, -0.25) is 4.79 Å². The molecule has 0 N–H and O–H groups in total. The minimum atomic E-state index is -0.103. The molecule has 0 atom stereocenters. The van der Waals surface area contributed by atoms with E-state index in [1.807, 2.05) is 32.0 Å². The van der Waals surface area contributed by atoms with Gasteiger partial charge in [0.15, 0.2) is 0 Å². The van der Waals surface area contributed by atoms with Crippen LogP contribution in [0, 0.1) is 13.8 Å². The van der Waals surface area contributed by atoms with E-state index >= 15 is 0 Å². The molecule has 2 aromatic rings. The normalized spacial score (nSPS) is 10.4. The number of halogens is 1. The summed E-state index contributed by atoms with van der Waals surface area (Å²) in [6.45, 7) is 4.95. The minimum Gasteiger partial charge on any atom is -0.491 e. The van der Waals surface area contributed by atoms with Gasteiger partial charge in [-0.05, 0) is 43.2 Å². The van der Waals surface area contributed by atoms with Crippen molar-refractivity contribution in [3.8, 4) is 5.75 Å². The predicted molar refractivity (Wildman–Crippen MR) is 87.6 cm³/mol. The molecule has 4 nitrogen and oxygen atoms in total. The Kier molecular flexibility index (Phi) is 5.39. The van der Waals surface area contributed by atoms with Gasteiger partial charge in [-0.2, -0.15) is 0 Å². The van der Waals surface area contributed by atoms with Crippen LogP contribution in [0.15, 0.2) is 36.5 Å². The number of carbonyl (C=O) groups is 1. The highest BCUT2D eigenvalue weighted by Crippen LogP contribution is 2.19. The molecule has 1 aromatic heterocycles. The van der Waals surface area contributed by atoms with Crippen LogP contribution in [-0.4, -0.2) is 36.0 Å². The monoisotopic (exact) mass is 318 g/mol. The first-order valence-electron chi connectivity index (χ1n) is 7.04. The number of hydrogen-bond donors (Lipinski definition) is 0. The number of hydrogen-bond acceptors (Lipinski definition) is 3. The smallest absolute Gasteiger partial charge is 0.253 e. The van der Waals surface area contributed by atoms with Gasteiger partial charge in [0.1, 0.15) is 17.5 Å². The van der Waals surface area contributed by atoms with Crippen LogP contribution in [0.5, 0.6) is 5.75 Å². The fourth-order valence-electron chi connectivity index (χ4n) is 2.01. The lowest BCUT2D eigenvalue weighted by atomic mass is 10.1. The van der Waals surface area contributed by atoms with Gasteiger partial charge < -0.3 is 9.64 Å². The Morgan fingerprint density at radius 2 is 2.05 bits per heavy atom. The maximum atomic E-state index is 12.2. The van der Waals surface area contributed by atoms with Crippen LogP contribution in [-0.2, 0) is 0 Å². The molecule has 0 aliphatic heterocycles. The van der Waals surface area contributed by atoms with Crippen molar-refractivity contribution in [2.45, 2.75) is 13.8 Å². The van der Waals surface area contributed by atoms with Crippen molar-refractivity contribution in [1.29, 1.82) is 0 Å². The molecule has 0 fully saturated rings. The number of nitrogens with zero attached hydrogens (tertiary/aromatic N) is 2. The Balaban J connectivity index is 1.91. The van der Waals surface area contributed by atoms with Crippen molar-refractivity contribution < 1.29 is 9.53 Å². The average Bonchev–Trinajstić information content (AvgIpc) is 2.49. The van der Waals surface area contributed by atoms with E-state index < -0.39 is 0 Å². The number of amides is 1. The van der Waals surface area contributed by atoms with Crippen LogP contribution in [0.4, 0.5) is 0 Å². The van der Waals surface area contributed by atoms with E-state index in [9.17, 15) is 4.79 Å². The van der Waals surface area contributed by atoms with Crippen LogP contribution in [0.1, 0.15) is 21.5 Å². The summed E-state index contributed by atoms with van der Waals surface area (Å²) < 4.78 is 5.77. The lowest BCUT2D eigenvalue weighted by molar-refractivity contribution is 0.0773. The molecule has 1 heterocycles. The van der Waals surface area contributed by atoms with Crippen molar-refractivity contribution in [2.24, 2.45) is 0 Å². The fourth-order valence-corrected chi connectivity index (χ4v) is 2.19. The molecule has 0 saturated heterocycles. The quantitative estimate of drug-likeness (QED) is 0.792. The zero-order chi connectivity index (χ0) is 16.1. The van der Waals surface area contributed by atoms with Gasteiger partial charge in [-0.15, -0.1) is 0 Å². The van der Waals surface area contributed by atoms with Gasteiger partial charge in [-0.25, -0.2) is 4.98 Å². The number of rotatable bonds is 5. The molecule has 0 spiro atoms. The second-order valence-corrected chi connectivity index (χ2v) is 5.60. The molecule has 1 amide bonds. The molecule has 22 heavy (non-hydrogen) atoms. The van der Waals surface area contributed by atoms with Gasteiger partial charge in [0, 0.05) is 18.8 Å². The van der Waals surface area contributed by atoms with Crippen molar-refractivity contribution in [1.82, 2.24) is 9.88 Å². The van der Waals surface area contributed by atoms with Crippen LogP contribution in [0.2, 0.25) is 5.15 Å². The van der Waals surface area contributed by atoms with E-state index in [-0.39, 0.29) is 5.91 Å². The summed E-state index contributed by atoms with van der Waals surface area (Å²) in [7, 11) is 1.74. The fraction of sp³-hybridized carbons (Fsp3) is 0.294. The highest BCUT2D eigenvalue weighted by Gasteiger charge is 2.12. The van der Waals surface area contributed by atoms with Gasteiger partial charge in [0.2, 0.25) is 0 Å². The molecule has 2 rings (SSSR count). The molecule has 116 valence electrons. The highest BCUT2D eigenvalue weighted by atomic mass is 35.5. The van der Waals surface area contributed by atoms with E-state index in [4.69, 9.17) is 16.3 Å². The van der Waals surface area contributed by atoms with E-state index in [0.29, 0.717) is 23.9 Å². The molecule has 0 saturated carbocycles. The summed E-state index contributed by atoms with van der Waals surface area (Å²) in [6, 6.07) is 9.28. The van der Waals surface area contributed by atoms with E-state index in [1.165, 1.54) is 6.20 Å². The predicted octanol–water partition coefficient (Wildman–Crippen LogP) is 3.50. The van der Waals surface area contributed by atoms with Gasteiger partial charge >= 0.3 is 0 Å². The first kappa shape index (κ1) is 16.3. The van der Waals surface area contributed by atoms with Gasteiger partial charge in [0.05, 0.1) is 6.54 Å². The SMILES string of the molecule is Cc1ccc(C)c(OCCN(C)C(=O)c2ccnc(Cl)c2)c1. The Morgan fingerprint density at radius 1 is 1.27 bits per heavy atom. The third kappa shape index (κ3) is 4.21. The molecule has 0 bridgehead atoms. The summed E-state index contributed by atoms with van der Waals surface area (Å²) in [5, 5.41) is 0.311. The average molecular weight is 319 g/mol. The molecule has 0 unspecified atom stereocenters. The molecule has 0 aliphatic rings. The Labute approximate surface area is 135 Å². The van der Waals surface area contributed by atoms with E-state index in [1.54, 1.807) is 24.1 Å². The molecular weight excluding hydrogens is 300 g/mol. The summed E-state index contributed by atoms with van der Waals surface area (Å²) in [5.41, 5.74) is 2.76. The number of carbonyl (C=O) groups excluding carboxylic acids is 1. The molecule has 0 aliphatic carbocycles. The Bertz CT molecular complexity index is 673. The molecule has 0 radical (unpaired) electrons. The maximum absolute atomic E-state index is 12.2. The molecule has 1 aromatic carbocycles. The zero-order valence-electron chi connectivity index (χ0n) is 13.0. The molecule has 5 heteroatoms. The van der Waals surface area contributed by atoms with Crippen LogP contribution in [0.25, 0.3) is 0 Å². The summed E-state index contributed by atoms with van der Waals surface area (Å²) in [4.78, 5) is 17.7. The largest absolute Gasteiger partial charge is 0.491 e. The van der Waals surface area contributed by atoms with E-state index in [2.05, 4.69) is 4.98 Å². The van der Waals surface area contributed by atoms with Crippen molar-refractivity contribution >= 4 is 17.5 Å². The third-order valence-corrected chi connectivity index (χ3v) is 3.55. The number of pyridine rings is 1. The number of benzene rings is 1. The van der Waals surface area contributed by atoms with E-state index in [0.717, 1.165) is 16.9 Å². The number of likely N-dealkylation sites (N-methyl/N-ethyl adjacent to an activating group) is 1. The first-order valence-corrected chi connectivity index (χ1v) is 7.42. The third-order valence-electron chi connectivity index (χ3n) is 3.35. The number of ether oxygens (including phenoxy) is 1. The second kappa shape index (κ2) is 7.27. The Hall–Kier alpha value is -2.07. The minimum absolute atomic E-state index is 0.103. The summed E-state index contributed by atoms with van der Waals surface area (Å²) >= 11 is 5.80. The topological polar surface area (TPSA) is 42.4 Å². The van der Waals surface area contributed by atoms with Crippen LogP contribution >= 0.6 is 11.6 Å². The highest BCUT2D eigenvalue weighted by molar-refractivity contribution is 6.29. The molecular formula is C17H19ClN2O2. The van der Waals surface area contributed by atoms with Gasteiger partial charge in [-0.1, -0.05) is 23.7 Å². The summed E-state index contributed by atoms with van der Waals surface area (Å²) in [6.07, 6.45) is 1.52. The van der Waals surface area contributed by atoms with Crippen molar-refractivity contribution in [2.75, 3.05) is 20.2 Å². The summed E-state index contributed by atoms with van der Waals surface area (Å²) in [5.74, 6) is 0.752. The first-order chi connectivity index (χ1) is 10.5. The maximum Gasteiger partial charge on any atom is 0.253 e. The van der Waals surface area contributed by atoms with Crippen molar-refractivity contribution in [3.05, 3.63) is 58.4 Å². The van der Waals surface area contributed by atoms with Crippen molar-refractivity contribution in [3.63, 3.8) is 0 Å². The van der Waals surface area contributed by atoms with Crippen LogP contribution < -0.4 is 4.74 Å². The van der Waals surface area contributed by atoms with Gasteiger partial charge in [0.25, 0.3) is 5.91 Å². The Morgan fingerprint density at radius 3 is 2.77 bits per heavy atom.